The van der Waals surface area contributed by atoms with Crippen LogP contribution in [0.15, 0.2) is 78.9 Å². The van der Waals surface area contributed by atoms with E-state index in [9.17, 15) is 9.59 Å². The van der Waals surface area contributed by atoms with Crippen LogP contribution in [-0.4, -0.2) is 24.5 Å². The molecule has 0 radical (unpaired) electrons. The number of rotatable bonds is 8. The number of anilines is 2. The van der Waals surface area contributed by atoms with Gasteiger partial charge in [0.2, 0.25) is 5.91 Å². The highest BCUT2D eigenvalue weighted by Gasteiger charge is 2.31. The third kappa shape index (κ3) is 5.27. The van der Waals surface area contributed by atoms with Crippen LogP contribution < -0.4 is 19.7 Å². The number of hydrogen-bond acceptors (Lipinski definition) is 4. The van der Waals surface area contributed by atoms with Gasteiger partial charge in [-0.25, -0.2) is 0 Å². The largest absolute Gasteiger partial charge is 0.494 e. The fraction of sp³-hybridized carbons (Fsp3) is 0.231. The molecule has 3 aromatic carbocycles. The van der Waals surface area contributed by atoms with Gasteiger partial charge in [0.15, 0.2) is 6.10 Å². The maximum Gasteiger partial charge on any atom is 0.268 e. The molecule has 6 nitrogen and oxygen atoms in total. The van der Waals surface area contributed by atoms with E-state index >= 15 is 0 Å². The third-order valence-corrected chi connectivity index (χ3v) is 5.20. The van der Waals surface area contributed by atoms with E-state index in [4.69, 9.17) is 9.47 Å². The van der Waals surface area contributed by atoms with E-state index in [0.29, 0.717) is 43.1 Å². The molecule has 0 fully saturated rings. The maximum atomic E-state index is 12.7. The van der Waals surface area contributed by atoms with Crippen LogP contribution in [0.2, 0.25) is 0 Å². The number of carbonyl (C=O) groups is 2. The molecular weight excluding hydrogens is 404 g/mol. The van der Waals surface area contributed by atoms with Crippen molar-refractivity contribution in [2.24, 2.45) is 0 Å². The van der Waals surface area contributed by atoms with Gasteiger partial charge in [-0.1, -0.05) is 48.5 Å². The molecule has 6 heteroatoms. The van der Waals surface area contributed by atoms with E-state index in [1.165, 1.54) is 0 Å². The van der Waals surface area contributed by atoms with Crippen molar-refractivity contribution in [2.75, 3.05) is 16.8 Å². The van der Waals surface area contributed by atoms with E-state index in [0.717, 1.165) is 11.3 Å². The summed E-state index contributed by atoms with van der Waals surface area (Å²) >= 11 is 0. The Morgan fingerprint density at radius 2 is 1.75 bits per heavy atom. The van der Waals surface area contributed by atoms with Gasteiger partial charge in [0.05, 0.1) is 18.8 Å². The molecule has 2 amide bonds. The van der Waals surface area contributed by atoms with Crippen LogP contribution in [0.25, 0.3) is 0 Å². The Morgan fingerprint density at radius 3 is 2.50 bits per heavy atom. The summed E-state index contributed by atoms with van der Waals surface area (Å²) in [4.78, 5) is 26.8. The zero-order valence-electron chi connectivity index (χ0n) is 18.0. The first kappa shape index (κ1) is 21.4. The Labute approximate surface area is 187 Å². The van der Waals surface area contributed by atoms with E-state index in [1.807, 2.05) is 66.7 Å². The summed E-state index contributed by atoms with van der Waals surface area (Å²) in [7, 11) is 0. The first-order valence-corrected chi connectivity index (χ1v) is 10.7. The van der Waals surface area contributed by atoms with Gasteiger partial charge in [0.1, 0.15) is 11.5 Å². The van der Waals surface area contributed by atoms with Crippen molar-refractivity contribution in [1.82, 2.24) is 0 Å². The number of nitrogens with one attached hydrogen (secondary N) is 1. The number of carbonyl (C=O) groups excluding carboxylic acids is 2. The molecule has 3 aromatic rings. The number of para-hydroxylation sites is 1. The van der Waals surface area contributed by atoms with Gasteiger partial charge in [-0.15, -0.1) is 0 Å². The summed E-state index contributed by atoms with van der Waals surface area (Å²) in [6.45, 7) is 2.67. The first-order valence-electron chi connectivity index (χ1n) is 10.7. The normalized spacial score (nSPS) is 15.0. The standard InChI is InChI=1S/C26H26N2O4/c1-19-26(30)28(18-20-9-4-2-5-10-20)23-15-14-21(17-24(23)32-19)27-25(29)13-8-16-31-22-11-6-3-7-12-22/h2-7,9-12,14-15,17,19H,8,13,16,18H2,1H3,(H,27,29). The second-order valence-corrected chi connectivity index (χ2v) is 7.67. The molecule has 1 N–H and O–H groups in total. The van der Waals surface area contributed by atoms with Crippen molar-refractivity contribution in [3.63, 3.8) is 0 Å². The van der Waals surface area contributed by atoms with Crippen LogP contribution in [0, 0.1) is 0 Å². The predicted octanol–water partition coefficient (Wildman–Crippen LogP) is 4.80. The van der Waals surface area contributed by atoms with Gasteiger partial charge in [0.25, 0.3) is 5.91 Å². The highest BCUT2D eigenvalue weighted by Crippen LogP contribution is 2.37. The van der Waals surface area contributed by atoms with Crippen molar-refractivity contribution in [1.29, 1.82) is 0 Å². The Balaban J connectivity index is 1.36. The van der Waals surface area contributed by atoms with E-state index in [-0.39, 0.29) is 11.8 Å². The predicted molar refractivity (Wildman–Crippen MR) is 124 cm³/mol. The van der Waals surface area contributed by atoms with Crippen LogP contribution in [0.5, 0.6) is 11.5 Å². The molecule has 0 bridgehead atoms. The van der Waals surface area contributed by atoms with E-state index < -0.39 is 6.10 Å². The van der Waals surface area contributed by atoms with Crippen LogP contribution >= 0.6 is 0 Å². The molecule has 1 aliphatic heterocycles. The summed E-state index contributed by atoms with van der Waals surface area (Å²) in [5.74, 6) is 1.20. The Kier molecular flexibility index (Phi) is 6.70. The van der Waals surface area contributed by atoms with Crippen molar-refractivity contribution in [3.8, 4) is 11.5 Å². The highest BCUT2D eigenvalue weighted by molar-refractivity contribution is 6.00. The van der Waals surface area contributed by atoms with Gasteiger partial charge >= 0.3 is 0 Å². The lowest BCUT2D eigenvalue weighted by Gasteiger charge is -2.33. The number of fused-ring (bicyclic) bond motifs is 1. The number of benzene rings is 3. The molecule has 32 heavy (non-hydrogen) atoms. The minimum Gasteiger partial charge on any atom is -0.494 e. The number of ether oxygens (including phenoxy) is 2. The first-order chi connectivity index (χ1) is 15.6. The molecule has 164 valence electrons. The summed E-state index contributed by atoms with van der Waals surface area (Å²) in [5.41, 5.74) is 2.38. The molecule has 1 unspecified atom stereocenters. The fourth-order valence-corrected chi connectivity index (χ4v) is 3.58. The summed E-state index contributed by atoms with van der Waals surface area (Å²) in [6, 6.07) is 24.7. The van der Waals surface area contributed by atoms with Crippen molar-refractivity contribution in [2.45, 2.75) is 32.4 Å². The molecule has 0 saturated carbocycles. The number of hydrogen-bond donors (Lipinski definition) is 1. The topological polar surface area (TPSA) is 67.9 Å². The molecule has 1 atom stereocenters. The molecular formula is C26H26N2O4. The van der Waals surface area contributed by atoms with Gasteiger partial charge < -0.3 is 19.7 Å². The molecule has 0 aromatic heterocycles. The minimum atomic E-state index is -0.590. The number of nitrogens with zero attached hydrogens (tertiary/aromatic N) is 1. The molecule has 0 saturated heterocycles. The van der Waals surface area contributed by atoms with Gasteiger partial charge in [-0.3, -0.25) is 9.59 Å². The summed E-state index contributed by atoms with van der Waals surface area (Å²) < 4.78 is 11.4. The molecule has 4 rings (SSSR count). The van der Waals surface area contributed by atoms with Crippen LogP contribution in [-0.2, 0) is 16.1 Å². The molecule has 1 aliphatic rings. The summed E-state index contributed by atoms with van der Waals surface area (Å²) in [5, 5.41) is 2.90. The SMILES string of the molecule is CC1Oc2cc(NC(=O)CCCOc3ccccc3)ccc2N(Cc2ccccc2)C1=O. The average Bonchev–Trinajstić information content (AvgIpc) is 2.81. The average molecular weight is 431 g/mol. The molecule has 0 aliphatic carbocycles. The lowest BCUT2D eigenvalue weighted by Crippen LogP contribution is -2.44. The fourth-order valence-electron chi connectivity index (χ4n) is 3.58. The van der Waals surface area contributed by atoms with Gasteiger partial charge in [-0.05, 0) is 43.2 Å². The van der Waals surface area contributed by atoms with Crippen molar-refractivity contribution < 1.29 is 19.1 Å². The second kappa shape index (κ2) is 10.0. The lowest BCUT2D eigenvalue weighted by molar-refractivity contribution is -0.125. The van der Waals surface area contributed by atoms with Crippen LogP contribution in [0.1, 0.15) is 25.3 Å². The Morgan fingerprint density at radius 1 is 1.03 bits per heavy atom. The van der Waals surface area contributed by atoms with E-state index in [1.54, 1.807) is 24.0 Å². The minimum absolute atomic E-state index is 0.0865. The number of amides is 2. The smallest absolute Gasteiger partial charge is 0.268 e. The zero-order chi connectivity index (χ0) is 22.3. The maximum absolute atomic E-state index is 12.7. The molecule has 1 heterocycles. The van der Waals surface area contributed by atoms with E-state index in [2.05, 4.69) is 5.32 Å². The zero-order valence-corrected chi connectivity index (χ0v) is 18.0. The van der Waals surface area contributed by atoms with Crippen LogP contribution in [0.3, 0.4) is 0 Å². The Hall–Kier alpha value is -3.80. The third-order valence-electron chi connectivity index (χ3n) is 5.20. The Bertz CT molecular complexity index is 1070. The second-order valence-electron chi connectivity index (χ2n) is 7.67. The summed E-state index contributed by atoms with van der Waals surface area (Å²) in [6.07, 6.45) is 0.366. The molecule has 0 spiro atoms. The van der Waals surface area contributed by atoms with Gasteiger partial charge in [-0.2, -0.15) is 0 Å². The highest BCUT2D eigenvalue weighted by atomic mass is 16.5. The monoisotopic (exact) mass is 430 g/mol. The lowest BCUT2D eigenvalue weighted by atomic mass is 10.1. The van der Waals surface area contributed by atoms with Crippen molar-refractivity contribution in [3.05, 3.63) is 84.4 Å². The quantitative estimate of drug-likeness (QED) is 0.522. The van der Waals surface area contributed by atoms with Crippen molar-refractivity contribution >= 4 is 23.2 Å². The van der Waals surface area contributed by atoms with Gasteiger partial charge in [0, 0.05) is 18.2 Å². The van der Waals surface area contributed by atoms with Crippen LogP contribution in [0.4, 0.5) is 11.4 Å².